The predicted molar refractivity (Wildman–Crippen MR) is 139 cm³/mol. The van der Waals surface area contributed by atoms with Gasteiger partial charge >= 0.3 is 0 Å². The van der Waals surface area contributed by atoms with Gasteiger partial charge in [0, 0.05) is 56.6 Å². The summed E-state index contributed by atoms with van der Waals surface area (Å²) < 4.78 is 11.9. The Labute approximate surface area is 210 Å². The summed E-state index contributed by atoms with van der Waals surface area (Å²) in [6, 6.07) is 2.81. The zero-order valence-electron chi connectivity index (χ0n) is 20.5. The number of anilines is 2. The highest BCUT2D eigenvalue weighted by Crippen LogP contribution is 2.35. The lowest BCUT2D eigenvalue weighted by Crippen LogP contribution is -2.43. The van der Waals surface area contributed by atoms with E-state index in [1.165, 1.54) is 17.7 Å². The Morgan fingerprint density at radius 3 is 2.60 bits per heavy atom. The Morgan fingerprint density at radius 2 is 1.89 bits per heavy atom. The summed E-state index contributed by atoms with van der Waals surface area (Å²) in [5.74, 6) is 1.84. The molecule has 0 unspecified atom stereocenters. The van der Waals surface area contributed by atoms with E-state index in [9.17, 15) is 0 Å². The molecule has 0 saturated carbocycles. The molecule has 0 aromatic carbocycles. The lowest BCUT2D eigenvalue weighted by atomic mass is 10.0. The highest BCUT2D eigenvalue weighted by Gasteiger charge is 2.24. The van der Waals surface area contributed by atoms with Crippen molar-refractivity contribution in [2.24, 2.45) is 0 Å². The Kier molecular flexibility index (Phi) is 7.69. The third kappa shape index (κ3) is 5.70. The summed E-state index contributed by atoms with van der Waals surface area (Å²) in [6.45, 7) is 8.04. The highest BCUT2D eigenvalue weighted by atomic mass is 32.1. The summed E-state index contributed by atoms with van der Waals surface area (Å²) in [5.41, 5.74) is 7.42. The van der Waals surface area contributed by atoms with Crippen LogP contribution in [0.15, 0.2) is 18.5 Å². The quantitative estimate of drug-likeness (QED) is 0.496. The molecule has 5 rings (SSSR count). The van der Waals surface area contributed by atoms with Gasteiger partial charge in [0.2, 0.25) is 5.95 Å². The summed E-state index contributed by atoms with van der Waals surface area (Å²) >= 11 is 1.80. The molecule has 0 radical (unpaired) electrons. The molecule has 3 aromatic heterocycles. The van der Waals surface area contributed by atoms with Gasteiger partial charge in [-0.25, -0.2) is 19.9 Å². The molecule has 0 spiro atoms. The number of nitrogens with two attached hydrogens (primary N) is 1. The summed E-state index contributed by atoms with van der Waals surface area (Å²) in [5, 5.41) is 0. The number of hydrogen-bond acceptors (Lipinski definition) is 11. The Bertz CT molecular complexity index is 1110. The van der Waals surface area contributed by atoms with Gasteiger partial charge in [0.1, 0.15) is 0 Å². The second kappa shape index (κ2) is 11.1. The van der Waals surface area contributed by atoms with Gasteiger partial charge in [-0.15, -0.1) is 11.3 Å². The molecule has 0 bridgehead atoms. The molecule has 2 N–H and O–H groups in total. The lowest BCUT2D eigenvalue weighted by Gasteiger charge is -2.36. The van der Waals surface area contributed by atoms with Crippen LogP contribution in [0.5, 0.6) is 0 Å². The zero-order chi connectivity index (χ0) is 24.2. The van der Waals surface area contributed by atoms with Gasteiger partial charge in [0.25, 0.3) is 0 Å². The van der Waals surface area contributed by atoms with Crippen molar-refractivity contribution in [3.05, 3.63) is 23.3 Å². The number of nitrogens with zero attached hydrogens (tertiary/aromatic N) is 7. The molecular formula is C24H34N8O2S. The van der Waals surface area contributed by atoms with E-state index in [0.717, 1.165) is 67.5 Å². The minimum Gasteiger partial charge on any atom is -0.383 e. The third-order valence-electron chi connectivity index (χ3n) is 6.84. The van der Waals surface area contributed by atoms with Gasteiger partial charge in [-0.2, -0.15) is 0 Å². The third-order valence-corrected chi connectivity index (χ3v) is 7.95. The molecule has 3 aromatic rings. The van der Waals surface area contributed by atoms with E-state index in [-0.39, 0.29) is 5.95 Å². The van der Waals surface area contributed by atoms with Crippen LogP contribution < -0.4 is 10.6 Å². The Balaban J connectivity index is 1.37. The molecule has 2 aliphatic heterocycles. The number of thiophene rings is 1. The molecular weight excluding hydrogens is 464 g/mol. The lowest BCUT2D eigenvalue weighted by molar-refractivity contribution is 0.0953. The maximum atomic E-state index is 5.69. The molecule has 2 saturated heterocycles. The van der Waals surface area contributed by atoms with E-state index >= 15 is 0 Å². The molecule has 188 valence electrons. The summed E-state index contributed by atoms with van der Waals surface area (Å²) in [7, 11) is 4.01. The van der Waals surface area contributed by atoms with Gasteiger partial charge in [0.15, 0.2) is 11.6 Å². The number of morpholine rings is 1. The number of methoxy groups -OCH3 is 1. The van der Waals surface area contributed by atoms with Crippen LogP contribution >= 0.6 is 11.3 Å². The molecule has 11 heteroatoms. The van der Waals surface area contributed by atoms with Crippen molar-refractivity contribution in [3.63, 3.8) is 0 Å². The van der Waals surface area contributed by atoms with E-state index in [0.29, 0.717) is 25.1 Å². The molecule has 10 nitrogen and oxygen atoms in total. The molecule has 2 aliphatic rings. The number of fused-ring (bicyclic) bond motifs is 1. The number of likely N-dealkylation sites (tertiary alicyclic amines) is 1. The van der Waals surface area contributed by atoms with Crippen molar-refractivity contribution >= 4 is 33.3 Å². The van der Waals surface area contributed by atoms with E-state index in [4.69, 9.17) is 25.2 Å². The minimum absolute atomic E-state index is 0.244. The number of ether oxygens (including phenoxy) is 2. The normalized spacial score (nSPS) is 18.1. The monoisotopic (exact) mass is 498 g/mol. The van der Waals surface area contributed by atoms with Crippen LogP contribution in [0.4, 0.5) is 11.8 Å². The number of rotatable bonds is 8. The van der Waals surface area contributed by atoms with Crippen LogP contribution in [0.1, 0.15) is 17.7 Å². The summed E-state index contributed by atoms with van der Waals surface area (Å²) in [6.07, 6.45) is 5.75. The molecule has 5 heterocycles. The molecule has 2 fully saturated rings. The van der Waals surface area contributed by atoms with E-state index < -0.39 is 0 Å². The van der Waals surface area contributed by atoms with Crippen LogP contribution in [0.3, 0.4) is 0 Å². The first kappa shape index (κ1) is 24.3. The van der Waals surface area contributed by atoms with Crippen LogP contribution in [-0.2, 0) is 16.0 Å². The maximum absolute atomic E-state index is 5.69. The SMILES string of the molecule is COCCN1CCC(N(C)Cc2cc3nc(-c4cnc(N)nc4)nc(N4CCOCC4)c3s2)CC1. The van der Waals surface area contributed by atoms with Crippen LogP contribution in [-0.4, -0.2) is 102 Å². The first-order chi connectivity index (χ1) is 17.1. The number of hydrogen-bond donors (Lipinski definition) is 1. The highest BCUT2D eigenvalue weighted by molar-refractivity contribution is 7.19. The fourth-order valence-electron chi connectivity index (χ4n) is 4.79. The first-order valence-corrected chi connectivity index (χ1v) is 13.0. The maximum Gasteiger partial charge on any atom is 0.219 e. The van der Waals surface area contributed by atoms with Crippen molar-refractivity contribution in [3.8, 4) is 11.4 Å². The van der Waals surface area contributed by atoms with Gasteiger partial charge < -0.3 is 25.0 Å². The standard InChI is InChI=1S/C24H34N8O2S/c1-30(18-3-5-31(6-4-18)7-10-33-2)16-19-13-20-21(35-19)23(32-8-11-34-12-9-32)29-22(28-20)17-14-26-24(25)27-15-17/h13-15,18H,3-12,16H2,1-2H3,(H2,25,26,27). The van der Waals surface area contributed by atoms with Crippen LogP contribution in [0.25, 0.3) is 21.6 Å². The predicted octanol–water partition coefficient (Wildman–Crippen LogP) is 2.11. The average molecular weight is 499 g/mol. The average Bonchev–Trinajstić information content (AvgIpc) is 3.30. The largest absolute Gasteiger partial charge is 0.383 e. The van der Waals surface area contributed by atoms with Gasteiger partial charge in [0.05, 0.1) is 35.6 Å². The van der Waals surface area contributed by atoms with Crippen molar-refractivity contribution in [2.75, 3.05) is 77.3 Å². The van der Waals surface area contributed by atoms with Gasteiger partial charge in [-0.3, -0.25) is 4.90 Å². The fourth-order valence-corrected chi connectivity index (χ4v) is 5.97. The summed E-state index contributed by atoms with van der Waals surface area (Å²) in [4.78, 5) is 26.7. The zero-order valence-corrected chi connectivity index (χ0v) is 21.3. The first-order valence-electron chi connectivity index (χ1n) is 12.2. The molecule has 0 atom stereocenters. The van der Waals surface area contributed by atoms with Crippen molar-refractivity contribution < 1.29 is 9.47 Å². The van der Waals surface area contributed by atoms with Gasteiger partial charge in [-0.05, 0) is 39.0 Å². The smallest absolute Gasteiger partial charge is 0.219 e. The number of nitrogen functional groups attached to an aromatic ring is 1. The van der Waals surface area contributed by atoms with E-state index in [2.05, 4.69) is 37.8 Å². The molecule has 0 amide bonds. The van der Waals surface area contributed by atoms with E-state index in [1.807, 2.05) is 0 Å². The second-order valence-electron chi connectivity index (χ2n) is 9.21. The van der Waals surface area contributed by atoms with Crippen molar-refractivity contribution in [1.82, 2.24) is 29.7 Å². The molecule has 0 aliphatic carbocycles. The topological polar surface area (TPSA) is 106 Å². The van der Waals surface area contributed by atoms with Gasteiger partial charge in [-0.1, -0.05) is 0 Å². The molecule has 35 heavy (non-hydrogen) atoms. The fraction of sp³-hybridized carbons (Fsp3) is 0.583. The minimum atomic E-state index is 0.244. The van der Waals surface area contributed by atoms with Crippen molar-refractivity contribution in [2.45, 2.75) is 25.4 Å². The number of aromatic nitrogens is 4. The van der Waals surface area contributed by atoms with Crippen molar-refractivity contribution in [1.29, 1.82) is 0 Å². The van der Waals surface area contributed by atoms with Crippen LogP contribution in [0.2, 0.25) is 0 Å². The second-order valence-corrected chi connectivity index (χ2v) is 10.3. The number of piperidine rings is 1. The van der Waals surface area contributed by atoms with E-state index in [1.54, 1.807) is 30.8 Å². The Hall–Kier alpha value is -2.44. The Morgan fingerprint density at radius 1 is 1.14 bits per heavy atom. The van der Waals surface area contributed by atoms with Crippen LogP contribution in [0, 0.1) is 0 Å².